The Kier molecular flexibility index (Phi) is 7.24. The summed E-state index contributed by atoms with van der Waals surface area (Å²) in [5, 5.41) is 12.1. The van der Waals surface area contributed by atoms with Crippen LogP contribution in [0.25, 0.3) is 6.08 Å². The highest BCUT2D eigenvalue weighted by Gasteiger charge is 2.33. The lowest BCUT2D eigenvalue weighted by atomic mass is 10.2. The van der Waals surface area contributed by atoms with Gasteiger partial charge in [0.2, 0.25) is 11.8 Å². The lowest BCUT2D eigenvalue weighted by Gasteiger charge is -2.10. The average molecular weight is 446 g/mol. The molecule has 10 heteroatoms. The molecule has 1 atom stereocenters. The lowest BCUT2D eigenvalue weighted by molar-refractivity contribution is -0.137. The zero-order chi connectivity index (χ0) is 22.3. The fraction of sp³-hybridized carbons (Fsp3) is 0.143. The number of thioether (sulfide) groups is 1. The van der Waals surface area contributed by atoms with Gasteiger partial charge in [0.25, 0.3) is 0 Å². The zero-order valence-corrected chi connectivity index (χ0v) is 16.8. The summed E-state index contributed by atoms with van der Waals surface area (Å²) in [6.07, 6.45) is 0.264. The summed E-state index contributed by atoms with van der Waals surface area (Å²) in [7, 11) is 0. The topological polar surface area (TPSA) is 82.9 Å². The monoisotopic (exact) mass is 446 g/mol. The highest BCUT2D eigenvalue weighted by molar-refractivity contribution is 8.15. The molecule has 0 spiro atoms. The number of rotatable bonds is 6. The van der Waals surface area contributed by atoms with Gasteiger partial charge in [0, 0.05) is 18.3 Å². The molecule has 1 aliphatic rings. The number of benzene rings is 2. The van der Waals surface area contributed by atoms with Crippen LogP contribution in [0.3, 0.4) is 0 Å². The molecule has 6 nitrogen and oxygen atoms in total. The van der Waals surface area contributed by atoms with Crippen molar-refractivity contribution in [3.63, 3.8) is 0 Å². The van der Waals surface area contributed by atoms with Crippen LogP contribution in [0.5, 0.6) is 0 Å². The molecule has 3 rings (SSSR count). The molecule has 2 aromatic rings. The van der Waals surface area contributed by atoms with Gasteiger partial charge in [0.05, 0.1) is 5.56 Å². The minimum Gasteiger partial charge on any atom is -0.326 e. The quantitative estimate of drug-likeness (QED) is 0.512. The van der Waals surface area contributed by atoms with Gasteiger partial charge >= 0.3 is 6.18 Å². The minimum absolute atomic E-state index is 0.00641. The molecular weight excluding hydrogens is 429 g/mol. The molecule has 0 radical (unpaired) electrons. The maximum atomic E-state index is 12.8. The molecule has 1 aliphatic heterocycles. The second-order valence-electron chi connectivity index (χ2n) is 6.37. The highest BCUT2D eigenvalue weighted by atomic mass is 32.2. The van der Waals surface area contributed by atoms with Crippen molar-refractivity contribution >= 4 is 46.7 Å². The largest absolute Gasteiger partial charge is 0.416 e. The molecule has 0 aliphatic carbocycles. The first-order valence-electron chi connectivity index (χ1n) is 9.08. The summed E-state index contributed by atoms with van der Waals surface area (Å²) >= 11 is 1.03. The third-order valence-electron chi connectivity index (χ3n) is 4.01. The predicted molar refractivity (Wildman–Crippen MR) is 116 cm³/mol. The van der Waals surface area contributed by atoms with Crippen molar-refractivity contribution in [2.75, 3.05) is 5.32 Å². The number of amidine groups is 1. The van der Waals surface area contributed by atoms with Crippen LogP contribution in [0, 0.1) is 0 Å². The Bertz CT molecular complexity index is 1040. The van der Waals surface area contributed by atoms with Gasteiger partial charge in [-0.05, 0) is 29.8 Å². The molecule has 0 saturated carbocycles. The second kappa shape index (κ2) is 10.1. The van der Waals surface area contributed by atoms with E-state index >= 15 is 0 Å². The van der Waals surface area contributed by atoms with E-state index in [1.54, 1.807) is 6.08 Å². The van der Waals surface area contributed by atoms with Crippen LogP contribution in [0.4, 0.5) is 18.9 Å². The maximum Gasteiger partial charge on any atom is 0.416 e. The predicted octanol–water partition coefficient (Wildman–Crippen LogP) is 4.32. The highest BCUT2D eigenvalue weighted by Crippen LogP contribution is 2.31. The molecule has 1 saturated heterocycles. The molecule has 0 bridgehead atoms. The van der Waals surface area contributed by atoms with E-state index in [1.165, 1.54) is 18.3 Å². The molecule has 31 heavy (non-hydrogen) atoms. The van der Waals surface area contributed by atoms with Crippen LogP contribution in [0.1, 0.15) is 17.5 Å². The van der Waals surface area contributed by atoms with E-state index in [9.17, 15) is 22.8 Å². The van der Waals surface area contributed by atoms with Gasteiger partial charge < -0.3 is 10.6 Å². The van der Waals surface area contributed by atoms with Crippen molar-refractivity contribution in [3.05, 3.63) is 71.8 Å². The fourth-order valence-corrected chi connectivity index (χ4v) is 3.51. The average Bonchev–Trinajstić information content (AvgIpc) is 3.07. The van der Waals surface area contributed by atoms with E-state index in [4.69, 9.17) is 0 Å². The van der Waals surface area contributed by atoms with E-state index in [1.807, 2.05) is 36.4 Å². The van der Waals surface area contributed by atoms with Crippen molar-refractivity contribution in [2.24, 2.45) is 10.2 Å². The number of alkyl halides is 3. The van der Waals surface area contributed by atoms with Gasteiger partial charge in [0.1, 0.15) is 5.25 Å². The zero-order valence-electron chi connectivity index (χ0n) is 16.0. The van der Waals surface area contributed by atoms with Crippen molar-refractivity contribution in [1.29, 1.82) is 0 Å². The number of nitrogens with one attached hydrogen (secondary N) is 2. The number of nitrogens with zero attached hydrogens (tertiary/aromatic N) is 2. The summed E-state index contributed by atoms with van der Waals surface area (Å²) in [6.45, 7) is 0. The van der Waals surface area contributed by atoms with E-state index in [2.05, 4.69) is 20.8 Å². The van der Waals surface area contributed by atoms with Crippen LogP contribution < -0.4 is 10.6 Å². The molecule has 2 N–H and O–H groups in total. The number of hydrogen-bond acceptors (Lipinski definition) is 5. The third kappa shape index (κ3) is 6.82. The van der Waals surface area contributed by atoms with Gasteiger partial charge in [-0.3, -0.25) is 9.59 Å². The van der Waals surface area contributed by atoms with Crippen molar-refractivity contribution in [2.45, 2.75) is 17.8 Å². The van der Waals surface area contributed by atoms with Gasteiger partial charge in [-0.15, -0.1) is 5.10 Å². The normalized spacial score (nSPS) is 18.1. The molecule has 160 valence electrons. The van der Waals surface area contributed by atoms with Crippen molar-refractivity contribution < 1.29 is 22.8 Å². The van der Waals surface area contributed by atoms with Gasteiger partial charge in [-0.25, -0.2) is 0 Å². The van der Waals surface area contributed by atoms with Crippen LogP contribution in [-0.2, 0) is 15.8 Å². The van der Waals surface area contributed by atoms with Gasteiger partial charge in [-0.2, -0.15) is 18.3 Å². The number of allylic oxidation sites excluding steroid dienone is 1. The Labute approximate surface area is 180 Å². The van der Waals surface area contributed by atoms with Crippen LogP contribution in [0.15, 0.2) is 70.9 Å². The van der Waals surface area contributed by atoms with E-state index in [-0.39, 0.29) is 17.3 Å². The van der Waals surface area contributed by atoms with Gasteiger partial charge in [-0.1, -0.05) is 54.2 Å². The SMILES string of the molecule is O=C(C[C@H]1S/C(=N/N=C\C=C\c2ccccc2)NC1=O)Nc1cccc(C(F)(F)F)c1. The maximum absolute atomic E-state index is 12.8. The van der Waals surface area contributed by atoms with E-state index < -0.39 is 28.8 Å². The molecule has 0 aromatic heterocycles. The smallest absolute Gasteiger partial charge is 0.326 e. The Morgan fingerprint density at radius 1 is 1.16 bits per heavy atom. The van der Waals surface area contributed by atoms with Crippen molar-refractivity contribution in [3.8, 4) is 0 Å². The fourth-order valence-electron chi connectivity index (χ4n) is 2.58. The Hall–Kier alpha value is -3.40. The minimum atomic E-state index is -4.51. The summed E-state index contributed by atoms with van der Waals surface area (Å²) in [4.78, 5) is 24.2. The summed E-state index contributed by atoms with van der Waals surface area (Å²) in [5.41, 5.74) is 0.135. The number of carbonyl (C=O) groups excluding carboxylic acids is 2. The number of amides is 2. The number of anilines is 1. The van der Waals surface area contributed by atoms with E-state index in [0.29, 0.717) is 0 Å². The number of carbonyl (C=O) groups is 2. The van der Waals surface area contributed by atoms with Crippen molar-refractivity contribution in [1.82, 2.24) is 5.32 Å². The molecule has 1 fully saturated rings. The number of halogens is 3. The molecule has 0 unspecified atom stereocenters. The van der Waals surface area contributed by atoms with Crippen LogP contribution in [-0.4, -0.2) is 28.4 Å². The second-order valence-corrected chi connectivity index (χ2v) is 7.56. The third-order valence-corrected chi connectivity index (χ3v) is 5.08. The lowest BCUT2D eigenvalue weighted by Crippen LogP contribution is -2.28. The van der Waals surface area contributed by atoms with Crippen LogP contribution >= 0.6 is 11.8 Å². The molecular formula is C21H17F3N4O2S. The Morgan fingerprint density at radius 3 is 2.68 bits per heavy atom. The molecule has 2 amide bonds. The first-order chi connectivity index (χ1) is 14.8. The molecule has 1 heterocycles. The standard InChI is InChI=1S/C21H17F3N4O2S/c22-21(23,24)15-9-4-10-16(12-15)26-18(29)13-17-19(30)27-20(31-17)28-25-11-5-8-14-6-2-1-3-7-14/h1-12,17H,13H2,(H,26,29)(H,27,28,30)/b8-5+,25-11-/t17-/m1/s1. The molecule has 2 aromatic carbocycles. The van der Waals surface area contributed by atoms with E-state index in [0.717, 1.165) is 29.5 Å². The summed E-state index contributed by atoms with van der Waals surface area (Å²) in [6, 6.07) is 13.9. The Morgan fingerprint density at radius 2 is 1.94 bits per heavy atom. The summed E-state index contributed by atoms with van der Waals surface area (Å²) in [5.74, 6) is -1.000. The first-order valence-corrected chi connectivity index (χ1v) is 9.96. The summed E-state index contributed by atoms with van der Waals surface area (Å²) < 4.78 is 38.3. The Balaban J connectivity index is 1.52. The number of hydrogen-bond donors (Lipinski definition) is 2. The van der Waals surface area contributed by atoms with Gasteiger partial charge in [0.15, 0.2) is 5.17 Å². The first kappa shape index (κ1) is 22.3. The van der Waals surface area contributed by atoms with Crippen LogP contribution in [0.2, 0.25) is 0 Å².